The Kier molecular flexibility index (Phi) is 4.84. The molecule has 2 amide bonds. The van der Waals surface area contributed by atoms with E-state index in [1.54, 1.807) is 37.4 Å². The predicted octanol–water partition coefficient (Wildman–Crippen LogP) is 3.96. The molecular formula is C23H22N2O4. The maximum atomic E-state index is 13.3. The van der Waals surface area contributed by atoms with E-state index in [1.165, 1.54) is 6.26 Å². The summed E-state index contributed by atoms with van der Waals surface area (Å²) < 4.78 is 10.5. The molecule has 0 radical (unpaired) electrons. The summed E-state index contributed by atoms with van der Waals surface area (Å²) in [6, 6.07) is 16.6. The molecule has 2 N–H and O–H groups in total. The standard InChI is InChI=1S/C23H22N2O4/c1-14-13-19(18-11-12-29-21(18)22(24)26)17-5-3-4-6-20(17)25(14)23(27)15-7-9-16(28-2)10-8-15/h3-12,14,19H,13H2,1-2H3,(H2,24,26). The minimum Gasteiger partial charge on any atom is -0.497 e. The second kappa shape index (κ2) is 7.47. The molecule has 0 saturated heterocycles. The van der Waals surface area contributed by atoms with Gasteiger partial charge in [-0.2, -0.15) is 0 Å². The van der Waals surface area contributed by atoms with Gasteiger partial charge in [0.05, 0.1) is 13.4 Å². The van der Waals surface area contributed by atoms with E-state index in [0.29, 0.717) is 17.7 Å². The highest BCUT2D eigenvalue weighted by Gasteiger charge is 2.36. The number of primary amides is 1. The summed E-state index contributed by atoms with van der Waals surface area (Å²) in [5.74, 6) is 0.127. The van der Waals surface area contributed by atoms with Crippen molar-refractivity contribution in [2.75, 3.05) is 12.0 Å². The van der Waals surface area contributed by atoms with Gasteiger partial charge in [0.15, 0.2) is 5.76 Å². The zero-order valence-electron chi connectivity index (χ0n) is 16.3. The fourth-order valence-electron chi connectivity index (χ4n) is 4.08. The molecule has 0 fully saturated rings. The summed E-state index contributed by atoms with van der Waals surface area (Å²) in [4.78, 5) is 26.9. The third-order valence-electron chi connectivity index (χ3n) is 5.44. The number of carbonyl (C=O) groups is 2. The second-order valence-electron chi connectivity index (χ2n) is 7.17. The minimum absolute atomic E-state index is 0.0756. The van der Waals surface area contributed by atoms with Crippen LogP contribution in [-0.4, -0.2) is 25.0 Å². The maximum Gasteiger partial charge on any atom is 0.284 e. The molecule has 0 bridgehead atoms. The molecule has 2 aromatic carbocycles. The van der Waals surface area contributed by atoms with Gasteiger partial charge in [-0.1, -0.05) is 18.2 Å². The smallest absolute Gasteiger partial charge is 0.284 e. The molecule has 3 aromatic rings. The van der Waals surface area contributed by atoms with Gasteiger partial charge in [-0.3, -0.25) is 9.59 Å². The number of benzene rings is 2. The lowest BCUT2D eigenvalue weighted by molar-refractivity contribution is 0.0961. The average Bonchev–Trinajstić information content (AvgIpc) is 3.23. The molecule has 0 spiro atoms. The maximum absolute atomic E-state index is 13.3. The van der Waals surface area contributed by atoms with Gasteiger partial charge >= 0.3 is 0 Å². The van der Waals surface area contributed by atoms with Crippen LogP contribution in [0, 0.1) is 0 Å². The van der Waals surface area contributed by atoms with Crippen LogP contribution in [0.1, 0.15) is 51.3 Å². The molecule has 4 rings (SSSR count). The Morgan fingerprint density at radius 1 is 1.07 bits per heavy atom. The Hall–Kier alpha value is -3.54. The van der Waals surface area contributed by atoms with Crippen LogP contribution >= 0.6 is 0 Å². The molecular weight excluding hydrogens is 368 g/mol. The number of carbonyl (C=O) groups excluding carboxylic acids is 2. The van der Waals surface area contributed by atoms with E-state index in [-0.39, 0.29) is 23.6 Å². The number of ether oxygens (including phenoxy) is 1. The molecule has 0 aliphatic carbocycles. The summed E-state index contributed by atoms with van der Waals surface area (Å²) in [6.07, 6.45) is 2.14. The van der Waals surface area contributed by atoms with Crippen LogP contribution in [0.5, 0.6) is 5.75 Å². The summed E-state index contributed by atoms with van der Waals surface area (Å²) in [6.45, 7) is 2.01. The molecule has 0 saturated carbocycles. The number of methoxy groups -OCH3 is 1. The molecule has 2 heterocycles. The highest BCUT2D eigenvalue weighted by Crippen LogP contribution is 2.43. The van der Waals surface area contributed by atoms with Gasteiger partial charge in [0.2, 0.25) is 0 Å². The summed E-state index contributed by atoms with van der Waals surface area (Å²) in [5, 5.41) is 0. The molecule has 6 heteroatoms. The zero-order chi connectivity index (χ0) is 20.5. The Labute approximate surface area is 168 Å². The topological polar surface area (TPSA) is 85.8 Å². The van der Waals surface area contributed by atoms with Gasteiger partial charge < -0.3 is 19.8 Å². The van der Waals surface area contributed by atoms with Gasteiger partial charge in [0.1, 0.15) is 5.75 Å². The monoisotopic (exact) mass is 390 g/mol. The number of fused-ring (bicyclic) bond motifs is 1. The van der Waals surface area contributed by atoms with Crippen LogP contribution in [0.15, 0.2) is 65.3 Å². The normalized spacial score (nSPS) is 18.2. The lowest BCUT2D eigenvalue weighted by atomic mass is 9.81. The first-order valence-electron chi connectivity index (χ1n) is 9.45. The fraction of sp³-hybridized carbons (Fsp3) is 0.217. The van der Waals surface area contributed by atoms with Crippen LogP contribution in [0.4, 0.5) is 5.69 Å². The summed E-state index contributed by atoms with van der Waals surface area (Å²) in [5.41, 5.74) is 8.63. The van der Waals surface area contributed by atoms with E-state index in [2.05, 4.69) is 0 Å². The van der Waals surface area contributed by atoms with Gasteiger partial charge in [-0.15, -0.1) is 0 Å². The highest BCUT2D eigenvalue weighted by molar-refractivity contribution is 6.07. The van der Waals surface area contributed by atoms with Gasteiger partial charge in [-0.05, 0) is 55.3 Å². The van der Waals surface area contributed by atoms with Crippen molar-refractivity contribution in [2.45, 2.75) is 25.3 Å². The van der Waals surface area contributed by atoms with Crippen molar-refractivity contribution < 1.29 is 18.7 Å². The van der Waals surface area contributed by atoms with Crippen molar-refractivity contribution in [1.29, 1.82) is 0 Å². The molecule has 1 aliphatic heterocycles. The van der Waals surface area contributed by atoms with E-state index >= 15 is 0 Å². The van der Waals surface area contributed by atoms with Crippen molar-refractivity contribution >= 4 is 17.5 Å². The number of rotatable bonds is 4. The first-order valence-corrected chi connectivity index (χ1v) is 9.45. The fourth-order valence-corrected chi connectivity index (χ4v) is 4.08. The third kappa shape index (κ3) is 3.27. The van der Waals surface area contributed by atoms with Crippen LogP contribution in [-0.2, 0) is 0 Å². The second-order valence-corrected chi connectivity index (χ2v) is 7.17. The zero-order valence-corrected chi connectivity index (χ0v) is 16.3. The van der Waals surface area contributed by atoms with Crippen molar-refractivity contribution in [2.24, 2.45) is 5.73 Å². The van der Waals surface area contributed by atoms with E-state index in [0.717, 1.165) is 16.8 Å². The molecule has 148 valence electrons. The largest absolute Gasteiger partial charge is 0.497 e. The van der Waals surface area contributed by atoms with E-state index < -0.39 is 5.91 Å². The van der Waals surface area contributed by atoms with E-state index in [4.69, 9.17) is 14.9 Å². The van der Waals surface area contributed by atoms with Crippen molar-refractivity contribution in [3.8, 4) is 5.75 Å². The van der Waals surface area contributed by atoms with E-state index in [1.807, 2.05) is 36.1 Å². The van der Waals surface area contributed by atoms with Crippen LogP contribution in [0.3, 0.4) is 0 Å². The Balaban J connectivity index is 1.76. The summed E-state index contributed by atoms with van der Waals surface area (Å²) >= 11 is 0. The first kappa shape index (κ1) is 18.8. The molecule has 1 aromatic heterocycles. The average molecular weight is 390 g/mol. The van der Waals surface area contributed by atoms with Crippen LogP contribution in [0.25, 0.3) is 0 Å². The van der Waals surface area contributed by atoms with Gasteiger partial charge in [0.25, 0.3) is 11.8 Å². The summed E-state index contributed by atoms with van der Waals surface area (Å²) in [7, 11) is 1.59. The van der Waals surface area contributed by atoms with Crippen molar-refractivity contribution in [1.82, 2.24) is 0 Å². The molecule has 29 heavy (non-hydrogen) atoms. The van der Waals surface area contributed by atoms with Gasteiger partial charge in [0, 0.05) is 28.8 Å². The molecule has 6 nitrogen and oxygen atoms in total. The molecule has 1 aliphatic rings. The Bertz CT molecular complexity index is 1050. The lowest BCUT2D eigenvalue weighted by Gasteiger charge is -2.39. The van der Waals surface area contributed by atoms with Crippen LogP contribution < -0.4 is 15.4 Å². The number of para-hydroxylation sites is 1. The Morgan fingerprint density at radius 2 is 1.79 bits per heavy atom. The number of nitrogens with two attached hydrogens (primary N) is 1. The molecule has 2 unspecified atom stereocenters. The number of hydrogen-bond acceptors (Lipinski definition) is 4. The van der Waals surface area contributed by atoms with Crippen LogP contribution in [0.2, 0.25) is 0 Å². The number of anilines is 1. The number of amides is 2. The molecule has 2 atom stereocenters. The van der Waals surface area contributed by atoms with Gasteiger partial charge in [-0.25, -0.2) is 0 Å². The number of hydrogen-bond donors (Lipinski definition) is 1. The lowest BCUT2D eigenvalue weighted by Crippen LogP contribution is -2.43. The number of nitrogens with zero attached hydrogens (tertiary/aromatic N) is 1. The predicted molar refractivity (Wildman–Crippen MR) is 109 cm³/mol. The third-order valence-corrected chi connectivity index (χ3v) is 5.44. The Morgan fingerprint density at radius 3 is 2.48 bits per heavy atom. The number of furan rings is 1. The van der Waals surface area contributed by atoms with Crippen molar-refractivity contribution in [3.63, 3.8) is 0 Å². The van der Waals surface area contributed by atoms with Crippen molar-refractivity contribution in [3.05, 3.63) is 83.3 Å². The first-order chi connectivity index (χ1) is 14.0. The quantitative estimate of drug-likeness (QED) is 0.731. The minimum atomic E-state index is -0.591. The highest BCUT2D eigenvalue weighted by atomic mass is 16.5. The van der Waals surface area contributed by atoms with E-state index in [9.17, 15) is 9.59 Å². The SMILES string of the molecule is COc1ccc(C(=O)N2c3ccccc3C(c3ccoc3C(N)=O)CC2C)cc1.